The number of aliphatic hydroxyl groups is 1. The molecular weight excluding hydrogens is 230 g/mol. The predicted molar refractivity (Wildman–Crippen MR) is 72.4 cm³/mol. The van der Waals surface area contributed by atoms with Gasteiger partial charge in [-0.15, -0.1) is 6.58 Å². The summed E-state index contributed by atoms with van der Waals surface area (Å²) in [6.07, 6.45) is 1.74. The zero-order chi connectivity index (χ0) is 13.6. The Morgan fingerprint density at radius 1 is 1.39 bits per heavy atom. The number of nitrogens with one attached hydrogen (secondary N) is 1. The van der Waals surface area contributed by atoms with Gasteiger partial charge in [-0.2, -0.15) is 0 Å². The van der Waals surface area contributed by atoms with E-state index in [-0.39, 0.29) is 5.91 Å². The second kappa shape index (κ2) is 6.87. The van der Waals surface area contributed by atoms with E-state index in [4.69, 9.17) is 0 Å². The van der Waals surface area contributed by atoms with Crippen LogP contribution in [0, 0.1) is 0 Å². The Labute approximate surface area is 109 Å². The molecule has 104 valence electrons. The van der Waals surface area contributed by atoms with Gasteiger partial charge in [0.1, 0.15) is 0 Å². The normalized spacial score (nSPS) is 17.8. The van der Waals surface area contributed by atoms with E-state index in [1.54, 1.807) is 6.08 Å². The van der Waals surface area contributed by atoms with E-state index in [9.17, 15) is 9.90 Å². The minimum Gasteiger partial charge on any atom is -0.389 e. The van der Waals surface area contributed by atoms with Crippen LogP contribution < -0.4 is 5.32 Å². The van der Waals surface area contributed by atoms with Crippen molar-refractivity contribution >= 4 is 5.91 Å². The van der Waals surface area contributed by atoms with Gasteiger partial charge >= 0.3 is 0 Å². The first kappa shape index (κ1) is 15.1. The summed E-state index contributed by atoms with van der Waals surface area (Å²) in [5.41, 5.74) is -0.669. The number of hydrogen-bond donors (Lipinski definition) is 2. The van der Waals surface area contributed by atoms with Crippen LogP contribution >= 0.6 is 0 Å². The van der Waals surface area contributed by atoms with Crippen LogP contribution in [0.15, 0.2) is 12.7 Å². The molecule has 0 unspecified atom stereocenters. The van der Waals surface area contributed by atoms with E-state index < -0.39 is 5.60 Å². The fourth-order valence-electron chi connectivity index (χ4n) is 2.10. The number of amides is 1. The minimum atomic E-state index is -0.669. The highest BCUT2D eigenvalue weighted by Gasteiger charge is 2.24. The Balaban J connectivity index is 2.26. The summed E-state index contributed by atoms with van der Waals surface area (Å²) < 4.78 is 0. The lowest BCUT2D eigenvalue weighted by atomic mass is 10.1. The highest BCUT2D eigenvalue weighted by Crippen LogP contribution is 2.08. The monoisotopic (exact) mass is 255 g/mol. The number of nitrogens with zero attached hydrogens (tertiary/aromatic N) is 2. The zero-order valence-electron chi connectivity index (χ0n) is 11.5. The number of rotatable bonds is 6. The lowest BCUT2D eigenvalue weighted by molar-refractivity contribution is -0.132. The lowest BCUT2D eigenvalue weighted by Gasteiger charge is -2.37. The quantitative estimate of drug-likeness (QED) is 0.504. The maximum absolute atomic E-state index is 11.8. The largest absolute Gasteiger partial charge is 0.389 e. The summed E-state index contributed by atoms with van der Waals surface area (Å²) >= 11 is 0. The van der Waals surface area contributed by atoms with Gasteiger partial charge in [0.05, 0.1) is 12.1 Å². The molecule has 0 aromatic heterocycles. The van der Waals surface area contributed by atoms with Crippen LogP contribution in [0.1, 0.15) is 13.8 Å². The molecule has 1 aliphatic heterocycles. The van der Waals surface area contributed by atoms with Crippen molar-refractivity contribution < 1.29 is 9.90 Å². The third kappa shape index (κ3) is 5.62. The Kier molecular flexibility index (Phi) is 5.78. The third-order valence-electron chi connectivity index (χ3n) is 2.90. The SMILES string of the molecule is C=CCNCC(=O)N1CCN(CC(C)(C)O)CC1. The van der Waals surface area contributed by atoms with Gasteiger partial charge < -0.3 is 15.3 Å². The van der Waals surface area contributed by atoms with Gasteiger partial charge in [-0.1, -0.05) is 6.08 Å². The molecule has 2 N–H and O–H groups in total. The van der Waals surface area contributed by atoms with Crippen molar-refractivity contribution in [3.63, 3.8) is 0 Å². The highest BCUT2D eigenvalue weighted by molar-refractivity contribution is 5.78. The zero-order valence-corrected chi connectivity index (χ0v) is 11.5. The van der Waals surface area contributed by atoms with Gasteiger partial charge in [-0.25, -0.2) is 0 Å². The maximum atomic E-state index is 11.8. The first-order valence-electron chi connectivity index (χ1n) is 6.46. The molecule has 5 heteroatoms. The van der Waals surface area contributed by atoms with Crippen molar-refractivity contribution in [1.82, 2.24) is 15.1 Å². The van der Waals surface area contributed by atoms with Gasteiger partial charge in [-0.05, 0) is 13.8 Å². The van der Waals surface area contributed by atoms with Crippen LogP contribution in [0.3, 0.4) is 0 Å². The van der Waals surface area contributed by atoms with Gasteiger partial charge in [0.2, 0.25) is 5.91 Å². The second-order valence-electron chi connectivity index (χ2n) is 5.39. The van der Waals surface area contributed by atoms with E-state index in [2.05, 4.69) is 16.8 Å². The summed E-state index contributed by atoms with van der Waals surface area (Å²) in [4.78, 5) is 15.9. The molecule has 0 spiro atoms. The fraction of sp³-hybridized carbons (Fsp3) is 0.769. The molecule has 1 rings (SSSR count). The van der Waals surface area contributed by atoms with Crippen LogP contribution in [0.25, 0.3) is 0 Å². The summed E-state index contributed by atoms with van der Waals surface area (Å²) in [7, 11) is 0. The van der Waals surface area contributed by atoms with E-state index in [1.165, 1.54) is 0 Å². The molecule has 18 heavy (non-hydrogen) atoms. The molecule has 0 bridgehead atoms. The van der Waals surface area contributed by atoms with Crippen LogP contribution in [-0.2, 0) is 4.79 Å². The van der Waals surface area contributed by atoms with Gasteiger partial charge in [-0.3, -0.25) is 9.69 Å². The summed E-state index contributed by atoms with van der Waals surface area (Å²) in [6.45, 7) is 12.0. The van der Waals surface area contributed by atoms with Gasteiger partial charge in [0.25, 0.3) is 0 Å². The second-order valence-corrected chi connectivity index (χ2v) is 5.39. The summed E-state index contributed by atoms with van der Waals surface area (Å²) in [5, 5.41) is 12.8. The van der Waals surface area contributed by atoms with Crippen LogP contribution in [0.5, 0.6) is 0 Å². The molecule has 0 aromatic carbocycles. The van der Waals surface area contributed by atoms with Crippen molar-refractivity contribution in [3.8, 4) is 0 Å². The molecule has 0 radical (unpaired) electrons. The molecule has 0 atom stereocenters. The molecule has 1 aliphatic rings. The standard InChI is InChI=1S/C13H25N3O2/c1-4-5-14-10-12(17)16-8-6-15(7-9-16)11-13(2,3)18/h4,14,18H,1,5-11H2,2-3H3. The third-order valence-corrected chi connectivity index (χ3v) is 2.90. The summed E-state index contributed by atoms with van der Waals surface area (Å²) in [6, 6.07) is 0. The Morgan fingerprint density at radius 2 is 2.00 bits per heavy atom. The van der Waals surface area contributed by atoms with E-state index >= 15 is 0 Å². The summed E-state index contributed by atoms with van der Waals surface area (Å²) in [5.74, 6) is 0.139. The Morgan fingerprint density at radius 3 is 2.50 bits per heavy atom. The molecule has 0 saturated carbocycles. The van der Waals surface area contributed by atoms with Crippen molar-refractivity contribution in [2.75, 3.05) is 45.8 Å². The molecule has 0 aliphatic carbocycles. The molecule has 5 nitrogen and oxygen atoms in total. The fourth-order valence-corrected chi connectivity index (χ4v) is 2.10. The molecule has 1 saturated heterocycles. The Hall–Kier alpha value is -0.910. The average molecular weight is 255 g/mol. The molecular formula is C13H25N3O2. The smallest absolute Gasteiger partial charge is 0.236 e. The molecule has 0 aromatic rings. The van der Waals surface area contributed by atoms with E-state index in [1.807, 2.05) is 18.7 Å². The van der Waals surface area contributed by atoms with E-state index in [0.717, 1.165) is 26.2 Å². The van der Waals surface area contributed by atoms with Crippen LogP contribution in [-0.4, -0.2) is 72.2 Å². The van der Waals surface area contributed by atoms with Crippen molar-refractivity contribution in [2.24, 2.45) is 0 Å². The lowest BCUT2D eigenvalue weighted by Crippen LogP contribution is -2.53. The van der Waals surface area contributed by atoms with Gasteiger partial charge in [0, 0.05) is 39.3 Å². The highest BCUT2D eigenvalue weighted by atomic mass is 16.3. The first-order valence-corrected chi connectivity index (χ1v) is 6.46. The number of hydrogen-bond acceptors (Lipinski definition) is 4. The van der Waals surface area contributed by atoms with Crippen molar-refractivity contribution in [2.45, 2.75) is 19.4 Å². The van der Waals surface area contributed by atoms with Crippen molar-refractivity contribution in [1.29, 1.82) is 0 Å². The number of carbonyl (C=O) groups is 1. The number of piperazine rings is 1. The number of carbonyl (C=O) groups excluding carboxylic acids is 1. The van der Waals surface area contributed by atoms with Crippen molar-refractivity contribution in [3.05, 3.63) is 12.7 Å². The van der Waals surface area contributed by atoms with Crippen LogP contribution in [0.2, 0.25) is 0 Å². The topological polar surface area (TPSA) is 55.8 Å². The van der Waals surface area contributed by atoms with Gasteiger partial charge in [0.15, 0.2) is 0 Å². The molecule has 1 heterocycles. The molecule has 1 amide bonds. The first-order chi connectivity index (χ1) is 8.42. The average Bonchev–Trinajstić information content (AvgIpc) is 2.28. The minimum absolute atomic E-state index is 0.139. The number of β-amino-alcohol motifs (C(OH)–C–C–N with tert-alkyl or cyclic N) is 1. The van der Waals surface area contributed by atoms with Crippen LogP contribution in [0.4, 0.5) is 0 Å². The molecule has 1 fully saturated rings. The Bertz CT molecular complexity index is 278. The van der Waals surface area contributed by atoms with E-state index in [0.29, 0.717) is 19.6 Å². The predicted octanol–water partition coefficient (Wildman–Crippen LogP) is -0.323. The maximum Gasteiger partial charge on any atom is 0.236 e.